The monoisotopic (exact) mass is 958 g/mol. The normalized spacial score (nSPS) is 10.2. The minimum Gasteiger partial charge on any atom is -0.494 e. The van der Waals surface area contributed by atoms with Crippen molar-refractivity contribution in [1.82, 2.24) is 29.9 Å². The van der Waals surface area contributed by atoms with Crippen LogP contribution in [0.1, 0.15) is 18.9 Å². The Morgan fingerprint density at radius 2 is 0.883 bits per heavy atom. The number of ether oxygens (including phenoxy) is 1. The molecule has 9 rings (SSSR count). The molecule has 0 radical (unpaired) electrons. The second-order valence-corrected chi connectivity index (χ2v) is 13.2. The van der Waals surface area contributed by atoms with E-state index < -0.39 is 0 Å². The molecule has 4 heterocycles. The van der Waals surface area contributed by atoms with Crippen LogP contribution in [0.3, 0.4) is 0 Å². The van der Waals surface area contributed by atoms with Crippen molar-refractivity contribution in [2.75, 3.05) is 6.61 Å². The van der Waals surface area contributed by atoms with Gasteiger partial charge in [-0.1, -0.05) is 73.2 Å². The van der Waals surface area contributed by atoms with Crippen LogP contribution in [0, 0.1) is 25.1 Å². The molecule has 4 aromatic heterocycles. The number of benzene rings is 5. The Morgan fingerprint density at radius 3 is 1.28 bits per heavy atom. The van der Waals surface area contributed by atoms with E-state index in [0.29, 0.717) is 24.1 Å². The molecule has 0 saturated carbocycles. The number of hydrogen-bond acceptors (Lipinski definition) is 7. The van der Waals surface area contributed by atoms with E-state index in [1.165, 1.54) is 5.56 Å². The summed E-state index contributed by atoms with van der Waals surface area (Å²) >= 11 is 0. The number of rotatable bonds is 9. The Kier molecular flexibility index (Phi) is 15.8. The third kappa shape index (κ3) is 12.0. The Labute approximate surface area is 365 Å². The fraction of sp³-hybridized carbons (Fsp3) is 0.0769. The van der Waals surface area contributed by atoms with Gasteiger partial charge in [0.15, 0.2) is 17.5 Å². The van der Waals surface area contributed by atoms with Crippen molar-refractivity contribution in [3.8, 4) is 73.7 Å². The summed E-state index contributed by atoms with van der Waals surface area (Å²) in [5.74, 6) is 2.64. The van der Waals surface area contributed by atoms with Gasteiger partial charge >= 0.3 is 20.1 Å². The van der Waals surface area contributed by atoms with E-state index in [4.69, 9.17) is 19.7 Å². The fourth-order valence-electron chi connectivity index (χ4n) is 5.77. The van der Waals surface area contributed by atoms with Gasteiger partial charge in [0.05, 0.1) is 6.61 Å². The van der Waals surface area contributed by atoms with Crippen LogP contribution in [0.5, 0.6) is 5.75 Å². The van der Waals surface area contributed by atoms with Crippen LogP contribution >= 0.6 is 0 Å². The second-order valence-electron chi connectivity index (χ2n) is 13.2. The van der Waals surface area contributed by atoms with Crippen LogP contribution < -0.4 is 4.74 Å². The maximum atomic E-state index is 5.73. The van der Waals surface area contributed by atoms with E-state index >= 15 is 0 Å². The number of pyridine rings is 3. The zero-order valence-electron chi connectivity index (χ0n) is 33.2. The van der Waals surface area contributed by atoms with Crippen LogP contribution in [0.4, 0.5) is 0 Å². The SMILES string of the molecule is CCCOc1ccc(-c2nc(-c3ccc(C)cc3)nc(-c3ccc(-c4[c-]cccc4)nc3)n2)cc1.[Ir+3].[c-]1ccccc1-c1ccccn1.[c-]1ccccc1-c1ccccn1. The average Bonchev–Trinajstić information content (AvgIpc) is 3.33. The molecule has 0 spiro atoms. The van der Waals surface area contributed by atoms with Crippen molar-refractivity contribution in [2.24, 2.45) is 0 Å². The molecule has 0 saturated heterocycles. The molecule has 0 amide bonds. The smallest absolute Gasteiger partial charge is 0.494 e. The van der Waals surface area contributed by atoms with Crippen LogP contribution in [0.15, 0.2) is 188 Å². The largest absolute Gasteiger partial charge is 3.00 e. The molecule has 0 N–H and O–H groups in total. The quantitative estimate of drug-likeness (QED) is 0.133. The van der Waals surface area contributed by atoms with Crippen molar-refractivity contribution in [2.45, 2.75) is 20.3 Å². The van der Waals surface area contributed by atoms with Crippen LogP contribution in [0.2, 0.25) is 0 Å². The van der Waals surface area contributed by atoms with Crippen molar-refractivity contribution in [3.63, 3.8) is 0 Å². The maximum absolute atomic E-state index is 5.73. The first-order chi connectivity index (χ1) is 29.1. The first-order valence-electron chi connectivity index (χ1n) is 19.4. The van der Waals surface area contributed by atoms with Gasteiger partial charge in [-0.05, 0) is 66.8 Å². The van der Waals surface area contributed by atoms with Gasteiger partial charge in [0.2, 0.25) is 0 Å². The van der Waals surface area contributed by atoms with Gasteiger partial charge in [0.25, 0.3) is 0 Å². The molecule has 0 aliphatic heterocycles. The first kappa shape index (κ1) is 42.6. The Hall–Kier alpha value is -6.99. The summed E-state index contributed by atoms with van der Waals surface area (Å²) in [7, 11) is 0. The van der Waals surface area contributed by atoms with Crippen molar-refractivity contribution >= 4 is 0 Å². The van der Waals surface area contributed by atoms with E-state index in [2.05, 4.69) is 59.1 Å². The summed E-state index contributed by atoms with van der Waals surface area (Å²) < 4.78 is 5.73. The van der Waals surface area contributed by atoms with Crippen molar-refractivity contribution in [1.29, 1.82) is 0 Å². The zero-order chi connectivity index (χ0) is 40.5. The average molecular weight is 958 g/mol. The molecular weight excluding hydrogens is 917 g/mol. The number of hydrogen-bond donors (Lipinski definition) is 0. The predicted molar refractivity (Wildman–Crippen MR) is 236 cm³/mol. The van der Waals surface area contributed by atoms with Gasteiger partial charge in [0.1, 0.15) is 5.75 Å². The van der Waals surface area contributed by atoms with E-state index in [9.17, 15) is 0 Å². The summed E-state index contributed by atoms with van der Waals surface area (Å²) in [5.41, 5.74) is 9.66. The molecular formula is C52H41IrN6O. The summed E-state index contributed by atoms with van der Waals surface area (Å²) in [5, 5.41) is 0. The molecule has 7 nitrogen and oxygen atoms in total. The number of nitrogens with zero attached hydrogens (tertiary/aromatic N) is 6. The van der Waals surface area contributed by atoms with Crippen LogP contribution in [-0.2, 0) is 20.1 Å². The van der Waals surface area contributed by atoms with Crippen LogP contribution in [0.25, 0.3) is 67.9 Å². The fourth-order valence-corrected chi connectivity index (χ4v) is 5.77. The third-order valence-electron chi connectivity index (χ3n) is 8.84. The molecule has 0 aliphatic rings. The van der Waals surface area contributed by atoms with E-state index in [1.54, 1.807) is 18.6 Å². The molecule has 0 unspecified atom stereocenters. The summed E-state index contributed by atoms with van der Waals surface area (Å²) in [6.07, 6.45) is 6.34. The van der Waals surface area contributed by atoms with Crippen LogP contribution in [-0.4, -0.2) is 36.5 Å². The second kappa shape index (κ2) is 22.2. The molecule has 0 atom stereocenters. The molecule has 9 aromatic rings. The predicted octanol–water partition coefficient (Wildman–Crippen LogP) is 11.9. The minimum absolute atomic E-state index is 0. The molecule has 60 heavy (non-hydrogen) atoms. The van der Waals surface area contributed by atoms with Gasteiger partial charge in [-0.25, -0.2) is 15.0 Å². The molecule has 5 aromatic carbocycles. The Morgan fingerprint density at radius 1 is 0.450 bits per heavy atom. The Bertz CT molecular complexity index is 2450. The van der Waals surface area contributed by atoms with Gasteiger partial charge in [-0.15, -0.1) is 108 Å². The maximum Gasteiger partial charge on any atom is 3.00 e. The van der Waals surface area contributed by atoms with E-state index in [-0.39, 0.29) is 20.1 Å². The Balaban J connectivity index is 0.000000195. The van der Waals surface area contributed by atoms with E-state index in [1.807, 2.05) is 158 Å². The first-order valence-corrected chi connectivity index (χ1v) is 19.4. The topological polar surface area (TPSA) is 86.6 Å². The summed E-state index contributed by atoms with van der Waals surface area (Å²) in [4.78, 5) is 27.5. The van der Waals surface area contributed by atoms with Crippen molar-refractivity contribution < 1.29 is 24.8 Å². The summed E-state index contributed by atoms with van der Waals surface area (Å²) in [6, 6.07) is 64.7. The standard InChI is InChI=1S/C30H25N4O.2C11H8N.Ir/c1-3-19-35-26-16-13-24(14-17-26)29-32-28(23-11-9-21(2)10-12-23)33-30(34-29)25-15-18-27(31-20-25)22-7-5-4-6-8-22;2*1-2-6-10(7-3-1)11-8-4-5-9-12-11;/h4-7,9-18,20H,3,19H2,1-2H3;2*1-6,8-9H;/q3*-1;+3. The van der Waals surface area contributed by atoms with E-state index in [0.717, 1.165) is 62.6 Å². The molecule has 0 fully saturated rings. The summed E-state index contributed by atoms with van der Waals surface area (Å²) in [6.45, 7) is 4.84. The van der Waals surface area contributed by atoms with Gasteiger partial charge in [0, 0.05) is 35.3 Å². The molecule has 294 valence electrons. The van der Waals surface area contributed by atoms with Gasteiger partial charge in [-0.2, -0.15) is 0 Å². The van der Waals surface area contributed by atoms with Crippen molar-refractivity contribution in [3.05, 3.63) is 212 Å². The van der Waals surface area contributed by atoms with Gasteiger partial charge in [-0.3, -0.25) is 0 Å². The number of aromatic nitrogens is 6. The molecule has 0 bridgehead atoms. The number of aryl methyl sites for hydroxylation is 1. The molecule has 8 heteroatoms. The minimum atomic E-state index is 0. The molecule has 0 aliphatic carbocycles. The van der Waals surface area contributed by atoms with Gasteiger partial charge < -0.3 is 19.7 Å². The third-order valence-corrected chi connectivity index (χ3v) is 8.84. The zero-order valence-corrected chi connectivity index (χ0v) is 35.6.